The highest BCUT2D eigenvalue weighted by molar-refractivity contribution is 7.92. The molecule has 0 unspecified atom stereocenters. The van der Waals surface area contributed by atoms with E-state index in [0.29, 0.717) is 29.5 Å². The Morgan fingerprint density at radius 3 is 2.27 bits per heavy atom. The van der Waals surface area contributed by atoms with Crippen molar-refractivity contribution in [3.05, 3.63) is 53.1 Å². The Bertz CT molecular complexity index is 879. The van der Waals surface area contributed by atoms with Gasteiger partial charge < -0.3 is 10.2 Å². The number of benzene rings is 2. The zero-order valence-electron chi connectivity index (χ0n) is 14.9. The molecule has 8 heteroatoms. The summed E-state index contributed by atoms with van der Waals surface area (Å²) in [5.74, 6) is 0. The zero-order chi connectivity index (χ0) is 19.3. The van der Waals surface area contributed by atoms with Crippen LogP contribution in [0.5, 0.6) is 0 Å². The number of aryl methyl sites for hydroxylation is 1. The van der Waals surface area contributed by atoms with E-state index in [1.807, 2.05) is 13.8 Å². The molecule has 0 aliphatic carbocycles. The Morgan fingerprint density at radius 2 is 1.69 bits per heavy atom. The third-order valence-electron chi connectivity index (χ3n) is 3.91. The smallest absolute Gasteiger partial charge is 0.321 e. The number of carbonyl (C=O) groups is 1. The number of nitrogens with zero attached hydrogens (tertiary/aromatic N) is 1. The molecule has 0 saturated carbocycles. The molecule has 0 atom stereocenters. The third kappa shape index (κ3) is 4.89. The molecule has 0 saturated heterocycles. The molecule has 6 nitrogen and oxygen atoms in total. The topological polar surface area (TPSA) is 78.5 Å². The van der Waals surface area contributed by atoms with Crippen LogP contribution in [0.2, 0.25) is 5.02 Å². The van der Waals surface area contributed by atoms with Gasteiger partial charge in [-0.25, -0.2) is 13.2 Å². The summed E-state index contributed by atoms with van der Waals surface area (Å²) in [6.45, 7) is 6.76. The monoisotopic (exact) mass is 395 g/mol. The molecule has 0 aromatic heterocycles. The van der Waals surface area contributed by atoms with Gasteiger partial charge in [-0.2, -0.15) is 0 Å². The van der Waals surface area contributed by atoms with Crippen LogP contribution in [0.4, 0.5) is 16.2 Å². The maximum absolute atomic E-state index is 12.5. The van der Waals surface area contributed by atoms with Crippen LogP contribution in [-0.2, 0) is 10.0 Å². The molecule has 0 heterocycles. The van der Waals surface area contributed by atoms with Crippen molar-refractivity contribution in [2.75, 3.05) is 23.1 Å². The van der Waals surface area contributed by atoms with Crippen molar-refractivity contribution in [1.29, 1.82) is 0 Å². The summed E-state index contributed by atoms with van der Waals surface area (Å²) < 4.78 is 27.6. The number of hydrogen-bond acceptors (Lipinski definition) is 3. The summed E-state index contributed by atoms with van der Waals surface area (Å²) in [5, 5.41) is 3.19. The minimum atomic E-state index is -3.76. The van der Waals surface area contributed by atoms with E-state index < -0.39 is 10.0 Å². The zero-order valence-corrected chi connectivity index (χ0v) is 16.5. The Labute approximate surface area is 159 Å². The van der Waals surface area contributed by atoms with Crippen molar-refractivity contribution in [1.82, 2.24) is 4.90 Å². The molecule has 0 aliphatic rings. The van der Waals surface area contributed by atoms with Gasteiger partial charge in [-0.15, -0.1) is 0 Å². The first-order valence-electron chi connectivity index (χ1n) is 8.21. The molecule has 2 N–H and O–H groups in total. The van der Waals surface area contributed by atoms with Gasteiger partial charge in [-0.1, -0.05) is 17.7 Å². The molecule has 140 valence electrons. The molecule has 0 fully saturated rings. The number of sulfonamides is 1. The lowest BCUT2D eigenvalue weighted by atomic mass is 10.2. The second-order valence-corrected chi connectivity index (χ2v) is 7.81. The second-order valence-electron chi connectivity index (χ2n) is 5.69. The summed E-state index contributed by atoms with van der Waals surface area (Å²) in [4.78, 5) is 13.8. The normalized spacial score (nSPS) is 11.1. The van der Waals surface area contributed by atoms with Gasteiger partial charge in [0.05, 0.1) is 10.6 Å². The molecule has 0 radical (unpaired) electrons. The summed E-state index contributed by atoms with van der Waals surface area (Å²) >= 11 is 5.93. The lowest BCUT2D eigenvalue weighted by Gasteiger charge is -2.19. The molecule has 0 bridgehead atoms. The number of halogens is 1. The second kappa shape index (κ2) is 8.42. The molecule has 2 aromatic rings. The highest BCUT2D eigenvalue weighted by Crippen LogP contribution is 2.24. The fourth-order valence-electron chi connectivity index (χ4n) is 2.34. The summed E-state index contributed by atoms with van der Waals surface area (Å²) in [5.41, 5.74) is 1.72. The minimum Gasteiger partial charge on any atom is -0.325 e. The molecule has 2 rings (SSSR count). The molecule has 2 amide bonds. The predicted molar refractivity (Wildman–Crippen MR) is 105 cm³/mol. The number of anilines is 2. The van der Waals surface area contributed by atoms with Gasteiger partial charge in [0.25, 0.3) is 10.0 Å². The van der Waals surface area contributed by atoms with Gasteiger partial charge in [0.1, 0.15) is 0 Å². The molecule has 0 aliphatic heterocycles. The summed E-state index contributed by atoms with van der Waals surface area (Å²) in [6, 6.07) is 10.8. The molecule has 26 heavy (non-hydrogen) atoms. The lowest BCUT2D eigenvalue weighted by Crippen LogP contribution is -2.34. The molecule has 2 aromatic carbocycles. The van der Waals surface area contributed by atoms with Crippen LogP contribution in [0.3, 0.4) is 0 Å². The van der Waals surface area contributed by atoms with E-state index in [0.717, 1.165) is 5.56 Å². The fourth-order valence-corrected chi connectivity index (χ4v) is 3.63. The van der Waals surface area contributed by atoms with Crippen LogP contribution in [-0.4, -0.2) is 32.4 Å². The number of rotatable bonds is 6. The quantitative estimate of drug-likeness (QED) is 0.764. The first-order valence-corrected chi connectivity index (χ1v) is 10.1. The summed E-state index contributed by atoms with van der Waals surface area (Å²) in [7, 11) is -3.76. The largest absolute Gasteiger partial charge is 0.325 e. The van der Waals surface area contributed by atoms with E-state index in [9.17, 15) is 13.2 Å². The van der Waals surface area contributed by atoms with Crippen molar-refractivity contribution >= 4 is 39.0 Å². The fraction of sp³-hybridized carbons (Fsp3) is 0.278. The maximum atomic E-state index is 12.5. The van der Waals surface area contributed by atoms with Gasteiger partial charge in [-0.3, -0.25) is 4.72 Å². The van der Waals surface area contributed by atoms with Crippen molar-refractivity contribution in [2.45, 2.75) is 25.7 Å². The van der Waals surface area contributed by atoms with Gasteiger partial charge in [-0.05, 0) is 62.7 Å². The van der Waals surface area contributed by atoms with Crippen LogP contribution in [0, 0.1) is 6.92 Å². The molecular formula is C18H22ClN3O3S. The highest BCUT2D eigenvalue weighted by atomic mass is 35.5. The SMILES string of the molecule is CCN(CC)C(=O)Nc1ccc(S(=O)(=O)Nc2cc(Cl)ccc2C)cc1. The highest BCUT2D eigenvalue weighted by Gasteiger charge is 2.16. The van der Waals surface area contributed by atoms with Gasteiger partial charge in [0.15, 0.2) is 0 Å². The average molecular weight is 396 g/mol. The summed E-state index contributed by atoms with van der Waals surface area (Å²) in [6.07, 6.45) is 0. The van der Waals surface area contributed by atoms with E-state index in [1.54, 1.807) is 42.2 Å². The van der Waals surface area contributed by atoms with E-state index in [4.69, 9.17) is 11.6 Å². The number of nitrogens with one attached hydrogen (secondary N) is 2. The number of amides is 2. The van der Waals surface area contributed by atoms with Crippen LogP contribution in [0.1, 0.15) is 19.4 Å². The van der Waals surface area contributed by atoms with Crippen molar-refractivity contribution in [3.63, 3.8) is 0 Å². The number of urea groups is 1. The standard InChI is InChI=1S/C18H22ClN3O3S/c1-4-22(5-2)18(23)20-15-8-10-16(11-9-15)26(24,25)21-17-12-14(19)7-6-13(17)3/h6-12,21H,4-5H2,1-3H3,(H,20,23). The van der Waals surface area contributed by atoms with E-state index in [2.05, 4.69) is 10.0 Å². The Hall–Kier alpha value is -2.25. The van der Waals surface area contributed by atoms with Gasteiger partial charge >= 0.3 is 6.03 Å². The average Bonchev–Trinajstić information content (AvgIpc) is 2.59. The van der Waals surface area contributed by atoms with Crippen molar-refractivity contribution in [3.8, 4) is 0 Å². The van der Waals surface area contributed by atoms with Crippen LogP contribution >= 0.6 is 11.6 Å². The first kappa shape index (κ1) is 20.1. The van der Waals surface area contributed by atoms with Crippen LogP contribution in [0.25, 0.3) is 0 Å². The number of carbonyl (C=O) groups excluding carboxylic acids is 1. The number of hydrogen-bond donors (Lipinski definition) is 2. The predicted octanol–water partition coefficient (Wildman–Crippen LogP) is 4.32. The van der Waals surface area contributed by atoms with E-state index >= 15 is 0 Å². The first-order chi connectivity index (χ1) is 12.3. The molecule has 0 spiro atoms. The lowest BCUT2D eigenvalue weighted by molar-refractivity contribution is 0.217. The van der Waals surface area contributed by atoms with Crippen molar-refractivity contribution in [2.24, 2.45) is 0 Å². The van der Waals surface area contributed by atoms with E-state index in [-0.39, 0.29) is 10.9 Å². The van der Waals surface area contributed by atoms with Gasteiger partial charge in [0, 0.05) is 23.8 Å². The minimum absolute atomic E-state index is 0.0951. The Kier molecular flexibility index (Phi) is 6.50. The third-order valence-corrected chi connectivity index (χ3v) is 5.53. The van der Waals surface area contributed by atoms with Crippen LogP contribution in [0.15, 0.2) is 47.4 Å². The maximum Gasteiger partial charge on any atom is 0.321 e. The molecular weight excluding hydrogens is 374 g/mol. The Balaban J connectivity index is 2.16. The Morgan fingerprint density at radius 1 is 1.08 bits per heavy atom. The van der Waals surface area contributed by atoms with Gasteiger partial charge in [0.2, 0.25) is 0 Å². The van der Waals surface area contributed by atoms with Crippen molar-refractivity contribution < 1.29 is 13.2 Å². The van der Waals surface area contributed by atoms with E-state index in [1.165, 1.54) is 12.1 Å². The van der Waals surface area contributed by atoms with Crippen LogP contribution < -0.4 is 10.0 Å².